The third kappa shape index (κ3) is 3.20. The molecule has 1 aliphatic heterocycles. The summed E-state index contributed by atoms with van der Waals surface area (Å²) in [4.78, 5) is 24.9. The number of anilines is 1. The second kappa shape index (κ2) is 5.97. The van der Waals surface area contributed by atoms with Crippen LogP contribution < -0.4 is 5.32 Å². The van der Waals surface area contributed by atoms with Gasteiger partial charge in [-0.05, 0) is 29.2 Å². The van der Waals surface area contributed by atoms with Crippen molar-refractivity contribution < 1.29 is 14.7 Å². The maximum Gasteiger partial charge on any atom is 0.261 e. The molecule has 1 atom stereocenters. The quantitative estimate of drug-likeness (QED) is 0.814. The summed E-state index contributed by atoms with van der Waals surface area (Å²) in [6, 6.07) is 12.0. The Kier molecular flexibility index (Phi) is 4.21. The average Bonchev–Trinajstić information content (AvgIpc) is 2.78. The largest absolute Gasteiger partial charge is 0.375 e. The molecule has 0 aliphatic carbocycles. The minimum Gasteiger partial charge on any atom is -0.375 e. The first-order valence-corrected chi connectivity index (χ1v) is 8.47. The van der Waals surface area contributed by atoms with Crippen LogP contribution in [0.2, 0.25) is 5.02 Å². The number of hydrogen-bond acceptors (Lipinski definition) is 3. The molecule has 25 heavy (non-hydrogen) atoms. The maximum atomic E-state index is 12.6. The lowest BCUT2D eigenvalue weighted by Crippen LogP contribution is -2.36. The molecule has 0 saturated heterocycles. The van der Waals surface area contributed by atoms with Crippen molar-refractivity contribution in [3.63, 3.8) is 0 Å². The smallest absolute Gasteiger partial charge is 0.261 e. The number of ketones is 1. The second-order valence-electron chi connectivity index (χ2n) is 7.43. The van der Waals surface area contributed by atoms with Gasteiger partial charge in [0, 0.05) is 21.8 Å². The number of halogens is 1. The first kappa shape index (κ1) is 17.6. The van der Waals surface area contributed by atoms with Crippen molar-refractivity contribution in [2.24, 2.45) is 0 Å². The number of Topliss-reactive ketones (excluding diaryl/α,β-unsaturated/α-hetero) is 1. The highest BCUT2D eigenvalue weighted by Crippen LogP contribution is 2.40. The molecule has 0 unspecified atom stereocenters. The van der Waals surface area contributed by atoms with Crippen molar-refractivity contribution in [2.45, 2.75) is 38.2 Å². The predicted octanol–water partition coefficient (Wildman–Crippen LogP) is 4.05. The van der Waals surface area contributed by atoms with Crippen molar-refractivity contribution in [3.8, 4) is 0 Å². The molecule has 1 amide bonds. The Morgan fingerprint density at radius 1 is 1.16 bits per heavy atom. The first-order chi connectivity index (χ1) is 11.6. The number of rotatable bonds is 3. The standard InChI is InChI=1S/C20H20ClNO3/c1-19(2,3)13-6-4-12(5-7-13)17(23)11-20(25)15-10-14(21)8-9-16(15)22-18(20)24/h4-10,25H,11H2,1-3H3,(H,22,24)/t20-/m0/s1. The Balaban J connectivity index is 1.88. The zero-order valence-electron chi connectivity index (χ0n) is 14.4. The minimum absolute atomic E-state index is 0.0131. The predicted molar refractivity (Wildman–Crippen MR) is 98.1 cm³/mol. The van der Waals surface area contributed by atoms with Gasteiger partial charge in [0.15, 0.2) is 11.4 Å². The fourth-order valence-electron chi connectivity index (χ4n) is 2.98. The zero-order chi connectivity index (χ0) is 18.4. The van der Waals surface area contributed by atoms with Gasteiger partial charge in [-0.15, -0.1) is 0 Å². The highest BCUT2D eigenvalue weighted by Gasteiger charge is 2.46. The molecule has 0 spiro atoms. The lowest BCUT2D eigenvalue weighted by Gasteiger charge is -2.21. The van der Waals surface area contributed by atoms with Gasteiger partial charge in [0.1, 0.15) is 0 Å². The van der Waals surface area contributed by atoms with Gasteiger partial charge < -0.3 is 10.4 Å². The third-order valence-corrected chi connectivity index (χ3v) is 4.78. The summed E-state index contributed by atoms with van der Waals surface area (Å²) in [5.41, 5.74) is 0.474. The normalized spacial score (nSPS) is 19.5. The van der Waals surface area contributed by atoms with Gasteiger partial charge >= 0.3 is 0 Å². The van der Waals surface area contributed by atoms with Crippen LogP contribution in [0.5, 0.6) is 0 Å². The number of hydrogen-bond donors (Lipinski definition) is 2. The van der Waals surface area contributed by atoms with Gasteiger partial charge in [-0.3, -0.25) is 9.59 Å². The van der Waals surface area contributed by atoms with Gasteiger partial charge in [0.05, 0.1) is 6.42 Å². The van der Waals surface area contributed by atoms with Gasteiger partial charge in [0.2, 0.25) is 0 Å². The molecule has 0 fully saturated rings. The topological polar surface area (TPSA) is 66.4 Å². The molecule has 0 saturated carbocycles. The molecule has 2 N–H and O–H groups in total. The van der Waals surface area contributed by atoms with Crippen LogP contribution in [0.3, 0.4) is 0 Å². The number of fused-ring (bicyclic) bond motifs is 1. The van der Waals surface area contributed by atoms with E-state index in [1.54, 1.807) is 24.3 Å². The Bertz CT molecular complexity index is 852. The molecule has 1 heterocycles. The third-order valence-electron chi connectivity index (χ3n) is 4.54. The molecular formula is C20H20ClNO3. The zero-order valence-corrected chi connectivity index (χ0v) is 15.1. The number of nitrogens with one attached hydrogen (secondary N) is 1. The fraction of sp³-hybridized carbons (Fsp3) is 0.300. The summed E-state index contributed by atoms with van der Waals surface area (Å²) in [6.45, 7) is 6.28. The van der Waals surface area contributed by atoms with Crippen LogP contribution in [0.25, 0.3) is 0 Å². The van der Waals surface area contributed by atoms with Crippen molar-refractivity contribution in [1.29, 1.82) is 0 Å². The number of benzene rings is 2. The fourth-order valence-corrected chi connectivity index (χ4v) is 3.15. The number of amides is 1. The van der Waals surface area contributed by atoms with E-state index in [9.17, 15) is 14.7 Å². The molecule has 4 nitrogen and oxygen atoms in total. The lowest BCUT2D eigenvalue weighted by molar-refractivity contribution is -0.133. The molecule has 0 aromatic heterocycles. The highest BCUT2D eigenvalue weighted by atomic mass is 35.5. The summed E-state index contributed by atoms with van der Waals surface area (Å²) in [7, 11) is 0. The first-order valence-electron chi connectivity index (χ1n) is 8.09. The molecule has 0 bridgehead atoms. The molecule has 3 rings (SSSR count). The van der Waals surface area contributed by atoms with Crippen molar-refractivity contribution in [2.75, 3.05) is 5.32 Å². The Labute approximate surface area is 151 Å². The van der Waals surface area contributed by atoms with E-state index >= 15 is 0 Å². The van der Waals surface area contributed by atoms with E-state index < -0.39 is 11.5 Å². The summed E-state index contributed by atoms with van der Waals surface area (Å²) in [5, 5.41) is 13.9. The molecule has 5 heteroatoms. The second-order valence-corrected chi connectivity index (χ2v) is 7.87. The van der Waals surface area contributed by atoms with Crippen LogP contribution in [0.15, 0.2) is 42.5 Å². The van der Waals surface area contributed by atoms with E-state index in [1.165, 1.54) is 6.07 Å². The number of carbonyl (C=O) groups excluding carboxylic acids is 2. The molecule has 130 valence electrons. The van der Waals surface area contributed by atoms with E-state index in [4.69, 9.17) is 11.6 Å². The Hall–Kier alpha value is -2.17. The van der Waals surface area contributed by atoms with Gasteiger partial charge in [0.25, 0.3) is 5.91 Å². The van der Waals surface area contributed by atoms with Gasteiger partial charge in [-0.1, -0.05) is 56.6 Å². The Morgan fingerprint density at radius 2 is 1.80 bits per heavy atom. The minimum atomic E-state index is -1.90. The molecule has 1 aliphatic rings. The number of aliphatic hydroxyl groups is 1. The number of carbonyl (C=O) groups is 2. The summed E-state index contributed by atoms with van der Waals surface area (Å²) >= 11 is 5.98. The van der Waals surface area contributed by atoms with E-state index in [2.05, 4.69) is 26.1 Å². The molecule has 2 aromatic carbocycles. The average molecular weight is 358 g/mol. The van der Waals surface area contributed by atoms with E-state index in [0.717, 1.165) is 5.56 Å². The van der Waals surface area contributed by atoms with Crippen molar-refractivity contribution in [1.82, 2.24) is 0 Å². The molecule has 2 aromatic rings. The van der Waals surface area contributed by atoms with Crippen molar-refractivity contribution in [3.05, 3.63) is 64.2 Å². The van der Waals surface area contributed by atoms with E-state index in [1.807, 2.05) is 12.1 Å². The summed E-state index contributed by atoms with van der Waals surface area (Å²) in [5.74, 6) is -0.907. The van der Waals surface area contributed by atoms with Crippen LogP contribution in [-0.4, -0.2) is 16.8 Å². The van der Waals surface area contributed by atoms with Gasteiger partial charge in [-0.2, -0.15) is 0 Å². The monoisotopic (exact) mass is 357 g/mol. The SMILES string of the molecule is CC(C)(C)c1ccc(C(=O)C[C@@]2(O)C(=O)Nc3ccc(Cl)cc32)cc1. The van der Waals surface area contributed by atoms with E-state index in [-0.39, 0.29) is 17.6 Å². The van der Waals surface area contributed by atoms with Crippen LogP contribution in [0.1, 0.15) is 48.7 Å². The van der Waals surface area contributed by atoms with Crippen LogP contribution >= 0.6 is 11.6 Å². The Morgan fingerprint density at radius 3 is 2.40 bits per heavy atom. The van der Waals surface area contributed by atoms with Crippen molar-refractivity contribution >= 4 is 29.0 Å². The summed E-state index contributed by atoms with van der Waals surface area (Å²) in [6.07, 6.45) is -0.332. The molecular weight excluding hydrogens is 338 g/mol. The highest BCUT2D eigenvalue weighted by molar-refractivity contribution is 6.31. The van der Waals surface area contributed by atoms with E-state index in [0.29, 0.717) is 21.8 Å². The van der Waals surface area contributed by atoms with Gasteiger partial charge in [-0.25, -0.2) is 0 Å². The maximum absolute atomic E-state index is 12.6. The lowest BCUT2D eigenvalue weighted by atomic mass is 9.85. The molecule has 0 radical (unpaired) electrons. The van der Waals surface area contributed by atoms with Crippen LogP contribution in [0, 0.1) is 0 Å². The van der Waals surface area contributed by atoms with Crippen LogP contribution in [-0.2, 0) is 15.8 Å². The van der Waals surface area contributed by atoms with Crippen LogP contribution in [0.4, 0.5) is 5.69 Å². The summed E-state index contributed by atoms with van der Waals surface area (Å²) < 4.78 is 0.